The van der Waals surface area contributed by atoms with Crippen LogP contribution in [-0.2, 0) is 6.42 Å². The molecule has 0 fully saturated rings. The number of hydrogen-bond donors (Lipinski definition) is 2. The summed E-state index contributed by atoms with van der Waals surface area (Å²) in [5, 5.41) is 10.2. The lowest BCUT2D eigenvalue weighted by Gasteiger charge is -2.14. The molecule has 1 aromatic rings. The van der Waals surface area contributed by atoms with Crippen LogP contribution < -0.4 is 10.5 Å². The number of nitrogens with two attached hydrogens (primary N) is 1. The van der Waals surface area contributed by atoms with Gasteiger partial charge in [0.25, 0.3) is 0 Å². The van der Waals surface area contributed by atoms with E-state index in [1.807, 2.05) is 12.1 Å². The van der Waals surface area contributed by atoms with E-state index in [1.54, 1.807) is 20.1 Å². The van der Waals surface area contributed by atoms with E-state index in [0.29, 0.717) is 17.9 Å². The van der Waals surface area contributed by atoms with Crippen molar-refractivity contribution >= 4 is 11.6 Å². The van der Waals surface area contributed by atoms with Crippen molar-refractivity contribution in [1.82, 2.24) is 0 Å². The molecule has 0 bridgehead atoms. The molecule has 16 heavy (non-hydrogen) atoms. The minimum absolute atomic E-state index is 0.211. The van der Waals surface area contributed by atoms with Crippen molar-refractivity contribution in [2.75, 3.05) is 7.11 Å². The van der Waals surface area contributed by atoms with Gasteiger partial charge in [0, 0.05) is 11.1 Å². The van der Waals surface area contributed by atoms with Crippen LogP contribution in [-0.4, -0.2) is 24.4 Å². The second-order valence-electron chi connectivity index (χ2n) is 3.92. The van der Waals surface area contributed by atoms with Crippen molar-refractivity contribution in [1.29, 1.82) is 0 Å². The van der Waals surface area contributed by atoms with Gasteiger partial charge in [-0.3, -0.25) is 0 Å². The second-order valence-corrected chi connectivity index (χ2v) is 4.33. The van der Waals surface area contributed by atoms with Crippen LogP contribution in [0.4, 0.5) is 0 Å². The van der Waals surface area contributed by atoms with Gasteiger partial charge in [-0.1, -0.05) is 17.7 Å². The molecule has 0 aromatic heterocycles. The summed E-state index contributed by atoms with van der Waals surface area (Å²) in [4.78, 5) is 0. The summed E-state index contributed by atoms with van der Waals surface area (Å²) in [7, 11) is 1.60. The quantitative estimate of drug-likeness (QED) is 0.832. The van der Waals surface area contributed by atoms with Gasteiger partial charge in [0.15, 0.2) is 0 Å². The number of halogens is 1. The van der Waals surface area contributed by atoms with Crippen LogP contribution in [0.3, 0.4) is 0 Å². The minimum atomic E-state index is -0.488. The number of hydrogen-bond acceptors (Lipinski definition) is 3. The SMILES string of the molecule is COc1ccc(CCC(O)C(C)N)c(Cl)c1. The van der Waals surface area contributed by atoms with E-state index in [0.717, 1.165) is 11.3 Å². The summed E-state index contributed by atoms with van der Waals surface area (Å²) in [5.74, 6) is 0.737. The molecule has 0 saturated carbocycles. The molecular weight excluding hydrogens is 226 g/mol. The van der Waals surface area contributed by atoms with Crippen molar-refractivity contribution < 1.29 is 9.84 Å². The second kappa shape index (κ2) is 6.09. The number of aliphatic hydroxyl groups excluding tert-OH is 1. The van der Waals surface area contributed by atoms with Gasteiger partial charge in [-0.2, -0.15) is 0 Å². The number of rotatable bonds is 5. The maximum absolute atomic E-state index is 9.59. The third-order valence-corrected chi connectivity index (χ3v) is 2.93. The molecule has 3 nitrogen and oxygen atoms in total. The molecule has 3 N–H and O–H groups in total. The zero-order chi connectivity index (χ0) is 12.1. The van der Waals surface area contributed by atoms with Gasteiger partial charge in [-0.25, -0.2) is 0 Å². The van der Waals surface area contributed by atoms with Crippen LogP contribution >= 0.6 is 11.6 Å². The maximum Gasteiger partial charge on any atom is 0.120 e. The van der Waals surface area contributed by atoms with E-state index in [-0.39, 0.29) is 6.04 Å². The lowest BCUT2D eigenvalue weighted by atomic mass is 10.0. The molecule has 0 aliphatic rings. The Morgan fingerprint density at radius 1 is 1.50 bits per heavy atom. The summed E-state index contributed by atoms with van der Waals surface area (Å²) >= 11 is 6.08. The first-order valence-corrected chi connectivity index (χ1v) is 5.68. The predicted molar refractivity (Wildman–Crippen MR) is 66.0 cm³/mol. The Morgan fingerprint density at radius 3 is 2.69 bits per heavy atom. The fraction of sp³-hybridized carbons (Fsp3) is 0.500. The number of ether oxygens (including phenoxy) is 1. The highest BCUT2D eigenvalue weighted by Gasteiger charge is 2.10. The van der Waals surface area contributed by atoms with Crippen LogP contribution in [0.25, 0.3) is 0 Å². The fourth-order valence-electron chi connectivity index (χ4n) is 1.42. The maximum atomic E-state index is 9.59. The van der Waals surface area contributed by atoms with E-state index >= 15 is 0 Å². The van der Waals surface area contributed by atoms with Crippen LogP contribution in [0.5, 0.6) is 5.75 Å². The zero-order valence-electron chi connectivity index (χ0n) is 9.61. The normalized spacial score (nSPS) is 14.6. The zero-order valence-corrected chi connectivity index (χ0v) is 10.4. The molecular formula is C12H18ClNO2. The van der Waals surface area contributed by atoms with Crippen LogP contribution in [0.15, 0.2) is 18.2 Å². The lowest BCUT2D eigenvalue weighted by Crippen LogP contribution is -2.31. The summed E-state index contributed by atoms with van der Waals surface area (Å²) in [6, 6.07) is 5.33. The first-order valence-electron chi connectivity index (χ1n) is 5.30. The van der Waals surface area contributed by atoms with Gasteiger partial charge < -0.3 is 15.6 Å². The molecule has 1 rings (SSSR count). The Kier molecular flexibility index (Phi) is 5.06. The van der Waals surface area contributed by atoms with Gasteiger partial charge >= 0.3 is 0 Å². The molecule has 4 heteroatoms. The van der Waals surface area contributed by atoms with Crippen molar-refractivity contribution in [2.45, 2.75) is 31.9 Å². The number of methoxy groups -OCH3 is 1. The number of aliphatic hydroxyl groups is 1. The molecule has 0 aliphatic heterocycles. The monoisotopic (exact) mass is 243 g/mol. The van der Waals surface area contributed by atoms with Crippen LogP contribution in [0.1, 0.15) is 18.9 Å². The van der Waals surface area contributed by atoms with Gasteiger partial charge in [-0.05, 0) is 37.5 Å². The van der Waals surface area contributed by atoms with Crippen molar-refractivity contribution in [2.24, 2.45) is 5.73 Å². The molecule has 0 aliphatic carbocycles. The van der Waals surface area contributed by atoms with Gasteiger partial charge in [-0.15, -0.1) is 0 Å². The number of aryl methyl sites for hydroxylation is 1. The molecule has 0 saturated heterocycles. The first-order chi connectivity index (χ1) is 7.54. The molecule has 0 radical (unpaired) electrons. The Labute approximate surface area is 101 Å². The summed E-state index contributed by atoms with van der Waals surface area (Å²) in [6.07, 6.45) is 0.841. The molecule has 2 atom stereocenters. The number of benzene rings is 1. The van der Waals surface area contributed by atoms with E-state index < -0.39 is 6.10 Å². The van der Waals surface area contributed by atoms with Crippen molar-refractivity contribution in [3.63, 3.8) is 0 Å². The molecule has 90 valence electrons. The summed E-state index contributed by atoms with van der Waals surface area (Å²) in [5.41, 5.74) is 6.58. The molecule has 1 aromatic carbocycles. The topological polar surface area (TPSA) is 55.5 Å². The van der Waals surface area contributed by atoms with Gasteiger partial charge in [0.2, 0.25) is 0 Å². The standard InChI is InChI=1S/C12H18ClNO2/c1-8(14)12(15)6-4-9-3-5-10(16-2)7-11(9)13/h3,5,7-8,12,15H,4,6,14H2,1-2H3. The van der Waals surface area contributed by atoms with Crippen molar-refractivity contribution in [3.05, 3.63) is 28.8 Å². The van der Waals surface area contributed by atoms with Crippen LogP contribution in [0, 0.1) is 0 Å². The smallest absolute Gasteiger partial charge is 0.120 e. The highest BCUT2D eigenvalue weighted by atomic mass is 35.5. The van der Waals surface area contributed by atoms with Gasteiger partial charge in [0.1, 0.15) is 5.75 Å². The summed E-state index contributed by atoms with van der Waals surface area (Å²) < 4.78 is 5.06. The van der Waals surface area contributed by atoms with E-state index in [4.69, 9.17) is 22.1 Å². The lowest BCUT2D eigenvalue weighted by molar-refractivity contribution is 0.141. The third-order valence-electron chi connectivity index (χ3n) is 2.58. The predicted octanol–water partition coefficient (Wildman–Crippen LogP) is 1.99. The molecule has 2 unspecified atom stereocenters. The highest BCUT2D eigenvalue weighted by Crippen LogP contribution is 2.23. The van der Waals surface area contributed by atoms with Crippen molar-refractivity contribution in [3.8, 4) is 5.75 Å². The highest BCUT2D eigenvalue weighted by molar-refractivity contribution is 6.31. The molecule has 0 spiro atoms. The Morgan fingerprint density at radius 2 is 2.19 bits per heavy atom. The fourth-order valence-corrected chi connectivity index (χ4v) is 1.69. The first kappa shape index (κ1) is 13.3. The van der Waals surface area contributed by atoms with Crippen LogP contribution in [0.2, 0.25) is 5.02 Å². The average Bonchev–Trinajstić information content (AvgIpc) is 2.26. The van der Waals surface area contributed by atoms with E-state index in [2.05, 4.69) is 0 Å². The van der Waals surface area contributed by atoms with E-state index in [9.17, 15) is 5.11 Å². The average molecular weight is 244 g/mol. The Bertz CT molecular complexity index is 342. The summed E-state index contributed by atoms with van der Waals surface area (Å²) in [6.45, 7) is 1.79. The van der Waals surface area contributed by atoms with E-state index in [1.165, 1.54) is 0 Å². The molecule has 0 heterocycles. The van der Waals surface area contributed by atoms with Gasteiger partial charge in [0.05, 0.1) is 13.2 Å². The Hall–Kier alpha value is -0.770. The Balaban J connectivity index is 2.61. The third kappa shape index (κ3) is 3.67. The molecule has 0 amide bonds. The largest absolute Gasteiger partial charge is 0.497 e. The minimum Gasteiger partial charge on any atom is -0.497 e.